The van der Waals surface area contributed by atoms with E-state index in [1.807, 2.05) is 0 Å². The van der Waals surface area contributed by atoms with Crippen molar-refractivity contribution in [3.63, 3.8) is 0 Å². The van der Waals surface area contributed by atoms with E-state index in [9.17, 15) is 33.3 Å². The van der Waals surface area contributed by atoms with Crippen LogP contribution in [-0.2, 0) is 10.9 Å². The first-order chi connectivity index (χ1) is 15.1. The molecule has 1 saturated heterocycles. The van der Waals surface area contributed by atoms with E-state index < -0.39 is 60.2 Å². The van der Waals surface area contributed by atoms with Crippen LogP contribution in [0.4, 0.5) is 18.9 Å². The van der Waals surface area contributed by atoms with Crippen LogP contribution < -0.4 is 10.9 Å². The van der Waals surface area contributed by atoms with Crippen molar-refractivity contribution in [1.29, 1.82) is 0 Å². The highest BCUT2D eigenvalue weighted by atomic mass is 32.1. The lowest BCUT2D eigenvalue weighted by molar-refractivity contribution is -0.245. The predicted molar refractivity (Wildman–Crippen MR) is 108 cm³/mol. The molecule has 0 amide bonds. The molecule has 1 aromatic carbocycles. The average molecular weight is 473 g/mol. The van der Waals surface area contributed by atoms with Crippen molar-refractivity contribution in [2.45, 2.75) is 36.8 Å². The zero-order valence-electron chi connectivity index (χ0n) is 16.1. The third-order valence-electron chi connectivity index (χ3n) is 5.19. The van der Waals surface area contributed by atoms with Gasteiger partial charge >= 0.3 is 11.8 Å². The van der Waals surface area contributed by atoms with E-state index >= 15 is 0 Å². The summed E-state index contributed by atoms with van der Waals surface area (Å²) in [6.07, 6.45) is -10.8. The van der Waals surface area contributed by atoms with Gasteiger partial charge in [-0.05, 0) is 23.6 Å². The number of hydrogen-bond donors (Lipinski definition) is 5. The van der Waals surface area contributed by atoms with Crippen LogP contribution in [0.2, 0.25) is 0 Å². The van der Waals surface area contributed by atoms with Gasteiger partial charge in [0.2, 0.25) is 0 Å². The predicted octanol–water partition coefficient (Wildman–Crippen LogP) is 1.75. The topological polar surface area (TPSA) is 132 Å². The monoisotopic (exact) mass is 473 g/mol. The minimum absolute atomic E-state index is 0.0963. The first kappa shape index (κ1) is 22.7. The van der Waals surface area contributed by atoms with Gasteiger partial charge in [-0.2, -0.15) is 13.2 Å². The molecule has 0 spiro atoms. The standard InChI is InChI=1S/C20H18F3NO7S/c21-20(22,23)14-9-4-3-8(24-15-17(27)16(26)11(7-25)31-19(15)29)6-10(9)30-18(28)13(14)12-2-1-5-32-12/h1-6,11,15-17,19,24-27,29H,7H2/t11?,15?,16-,17-,19?/m0/s1. The summed E-state index contributed by atoms with van der Waals surface area (Å²) < 4.78 is 52.0. The maximum atomic E-state index is 13.9. The average Bonchev–Trinajstić information content (AvgIpc) is 3.26. The number of aliphatic hydroxyl groups excluding tert-OH is 4. The second-order valence-corrected chi connectivity index (χ2v) is 8.17. The Hall–Kier alpha value is -2.48. The van der Waals surface area contributed by atoms with Gasteiger partial charge in [0.25, 0.3) is 0 Å². The van der Waals surface area contributed by atoms with Gasteiger partial charge in [-0.3, -0.25) is 0 Å². The summed E-state index contributed by atoms with van der Waals surface area (Å²) in [5, 5.41) is 43.3. The first-order valence-electron chi connectivity index (χ1n) is 9.41. The number of nitrogens with one attached hydrogen (secondary N) is 1. The quantitative estimate of drug-likeness (QED) is 0.362. The maximum Gasteiger partial charge on any atom is 0.418 e. The summed E-state index contributed by atoms with van der Waals surface area (Å²) in [5.41, 5.74) is -3.13. The molecule has 0 radical (unpaired) electrons. The van der Waals surface area contributed by atoms with Crippen LogP contribution in [0, 0.1) is 0 Å². The minimum Gasteiger partial charge on any atom is -0.422 e. The molecule has 3 aromatic rings. The molecule has 0 aliphatic carbocycles. The number of anilines is 1. The molecule has 1 fully saturated rings. The molecule has 4 rings (SSSR count). The second kappa shape index (κ2) is 8.46. The molecule has 1 aliphatic rings. The smallest absolute Gasteiger partial charge is 0.418 e. The molecular formula is C20H18F3NO7S. The van der Waals surface area contributed by atoms with Gasteiger partial charge < -0.3 is 34.9 Å². The molecule has 2 aromatic heterocycles. The van der Waals surface area contributed by atoms with Gasteiger partial charge in [0.1, 0.15) is 29.9 Å². The van der Waals surface area contributed by atoms with Crippen molar-refractivity contribution in [2.24, 2.45) is 0 Å². The summed E-state index contributed by atoms with van der Waals surface area (Å²) >= 11 is 0.975. The fourth-order valence-corrected chi connectivity index (χ4v) is 4.44. The minimum atomic E-state index is -4.84. The number of rotatable bonds is 4. The molecule has 5 atom stereocenters. The van der Waals surface area contributed by atoms with Gasteiger partial charge in [0.05, 0.1) is 17.7 Å². The number of hydrogen-bond acceptors (Lipinski definition) is 9. The number of benzene rings is 1. The van der Waals surface area contributed by atoms with Crippen molar-refractivity contribution >= 4 is 28.0 Å². The molecule has 0 saturated carbocycles. The van der Waals surface area contributed by atoms with E-state index in [-0.39, 0.29) is 21.5 Å². The van der Waals surface area contributed by atoms with Gasteiger partial charge in [-0.25, -0.2) is 4.79 Å². The zero-order valence-corrected chi connectivity index (χ0v) is 16.9. The molecule has 3 heterocycles. The second-order valence-electron chi connectivity index (χ2n) is 7.22. The molecule has 32 heavy (non-hydrogen) atoms. The van der Waals surface area contributed by atoms with Crippen LogP contribution in [-0.4, -0.2) is 57.7 Å². The van der Waals surface area contributed by atoms with Gasteiger partial charge in [0, 0.05) is 22.0 Å². The Labute approximate surface area is 182 Å². The highest BCUT2D eigenvalue weighted by Crippen LogP contribution is 2.41. The van der Waals surface area contributed by atoms with Crippen LogP contribution in [0.15, 0.2) is 44.9 Å². The zero-order chi connectivity index (χ0) is 23.2. The van der Waals surface area contributed by atoms with Crippen LogP contribution in [0.25, 0.3) is 21.4 Å². The lowest BCUT2D eigenvalue weighted by Gasteiger charge is -2.40. The number of thiophene rings is 1. The van der Waals surface area contributed by atoms with Crippen molar-refractivity contribution < 1.29 is 42.8 Å². The van der Waals surface area contributed by atoms with Crippen molar-refractivity contribution in [2.75, 3.05) is 11.9 Å². The number of aliphatic hydroxyl groups is 4. The molecular weight excluding hydrogens is 455 g/mol. The molecule has 0 bridgehead atoms. The summed E-state index contributed by atoms with van der Waals surface area (Å²) in [6.45, 7) is -0.643. The van der Waals surface area contributed by atoms with Gasteiger partial charge in [0.15, 0.2) is 6.29 Å². The SMILES string of the molecule is O=c1oc2cc(NC3C(O)OC(CO)[C@H](O)[C@H]3O)ccc2c(C(F)(F)F)c1-c1cccs1. The maximum absolute atomic E-state index is 13.9. The summed E-state index contributed by atoms with van der Waals surface area (Å²) in [4.78, 5) is 12.6. The Bertz CT molecular complexity index is 1160. The first-order valence-corrected chi connectivity index (χ1v) is 10.3. The normalized spacial score (nSPS) is 26.4. The fraction of sp³-hybridized carbons (Fsp3) is 0.350. The number of alkyl halides is 3. The van der Waals surface area contributed by atoms with E-state index in [4.69, 9.17) is 14.3 Å². The van der Waals surface area contributed by atoms with Crippen molar-refractivity contribution in [3.05, 3.63) is 51.7 Å². The Balaban J connectivity index is 1.76. The van der Waals surface area contributed by atoms with E-state index in [2.05, 4.69) is 5.32 Å². The summed E-state index contributed by atoms with van der Waals surface area (Å²) in [6, 6.07) is 5.12. The van der Waals surface area contributed by atoms with E-state index in [1.54, 1.807) is 5.38 Å². The van der Waals surface area contributed by atoms with Gasteiger partial charge in [-0.15, -0.1) is 11.3 Å². The number of halogens is 3. The third-order valence-corrected chi connectivity index (χ3v) is 6.08. The highest BCUT2D eigenvalue weighted by Gasteiger charge is 2.44. The summed E-state index contributed by atoms with van der Waals surface area (Å²) in [7, 11) is 0. The molecule has 172 valence electrons. The molecule has 5 N–H and O–H groups in total. The Morgan fingerprint density at radius 3 is 2.50 bits per heavy atom. The lowest BCUT2D eigenvalue weighted by atomic mass is 9.96. The van der Waals surface area contributed by atoms with Crippen LogP contribution in [0.1, 0.15) is 5.56 Å². The van der Waals surface area contributed by atoms with Crippen LogP contribution in [0.3, 0.4) is 0 Å². The van der Waals surface area contributed by atoms with Crippen molar-refractivity contribution in [1.82, 2.24) is 0 Å². The molecule has 12 heteroatoms. The lowest BCUT2D eigenvalue weighted by Crippen LogP contribution is -2.61. The third kappa shape index (κ3) is 4.00. The van der Waals surface area contributed by atoms with E-state index in [1.165, 1.54) is 18.2 Å². The van der Waals surface area contributed by atoms with E-state index in [0.717, 1.165) is 23.5 Å². The number of ether oxygens (including phenoxy) is 1. The van der Waals surface area contributed by atoms with Crippen molar-refractivity contribution in [3.8, 4) is 10.4 Å². The molecule has 3 unspecified atom stereocenters. The van der Waals surface area contributed by atoms with E-state index in [0.29, 0.717) is 0 Å². The van der Waals surface area contributed by atoms with Crippen LogP contribution >= 0.6 is 11.3 Å². The Kier molecular flexibility index (Phi) is 6.00. The highest BCUT2D eigenvalue weighted by molar-refractivity contribution is 7.13. The fourth-order valence-electron chi connectivity index (χ4n) is 3.68. The summed E-state index contributed by atoms with van der Waals surface area (Å²) in [5.74, 6) is 0. The molecule has 1 aliphatic heterocycles. The Morgan fingerprint density at radius 1 is 1.12 bits per heavy atom. The Morgan fingerprint density at radius 2 is 1.88 bits per heavy atom. The molecule has 8 nitrogen and oxygen atoms in total. The largest absolute Gasteiger partial charge is 0.422 e. The van der Waals surface area contributed by atoms with Crippen LogP contribution in [0.5, 0.6) is 0 Å². The number of fused-ring (bicyclic) bond motifs is 1. The van der Waals surface area contributed by atoms with Gasteiger partial charge in [-0.1, -0.05) is 6.07 Å².